The van der Waals surface area contributed by atoms with Crippen molar-refractivity contribution >= 4 is 34.5 Å². The van der Waals surface area contributed by atoms with Gasteiger partial charge in [0.25, 0.3) is 5.91 Å². The predicted octanol–water partition coefficient (Wildman–Crippen LogP) is 5.87. The van der Waals surface area contributed by atoms with E-state index in [1.807, 2.05) is 49.9 Å². The van der Waals surface area contributed by atoms with Crippen LogP contribution in [-0.2, 0) is 11.0 Å². The van der Waals surface area contributed by atoms with Gasteiger partial charge in [0.1, 0.15) is 10.5 Å². The minimum Gasteiger partial charge on any atom is -0.351 e. The lowest BCUT2D eigenvalue weighted by Gasteiger charge is -2.47. The molecule has 31 heavy (non-hydrogen) atoms. The third-order valence-corrected chi connectivity index (χ3v) is 5.29. The first kappa shape index (κ1) is 24.4. The van der Waals surface area contributed by atoms with Crippen molar-refractivity contribution < 1.29 is 18.0 Å². The van der Waals surface area contributed by atoms with Crippen LogP contribution in [0.5, 0.6) is 0 Å². The molecule has 1 heterocycles. The number of carbonyl (C=O) groups excluding carboxylic acids is 1. The zero-order valence-electron chi connectivity index (χ0n) is 18.0. The van der Waals surface area contributed by atoms with Crippen molar-refractivity contribution in [1.82, 2.24) is 0 Å². The number of anilines is 2. The quantitative estimate of drug-likeness (QED) is 0.540. The summed E-state index contributed by atoms with van der Waals surface area (Å²) in [7, 11) is 0. The lowest BCUT2D eigenvalue weighted by Crippen LogP contribution is -2.65. The third-order valence-electron chi connectivity index (χ3n) is 4.98. The fourth-order valence-electron chi connectivity index (χ4n) is 3.31. The molecule has 1 aliphatic rings. The summed E-state index contributed by atoms with van der Waals surface area (Å²) in [6, 6.07) is 12.3. The van der Waals surface area contributed by atoms with Crippen LogP contribution in [0.3, 0.4) is 0 Å². The zero-order chi connectivity index (χ0) is 23.6. The normalized spacial score (nSPS) is 15.8. The summed E-state index contributed by atoms with van der Waals surface area (Å²) in [4.78, 5) is 16.4. The summed E-state index contributed by atoms with van der Waals surface area (Å²) < 4.78 is 40.0. The van der Waals surface area contributed by atoms with Crippen LogP contribution in [0, 0.1) is 18.3 Å². The van der Waals surface area contributed by atoms with Gasteiger partial charge in [-0.25, -0.2) is 0 Å². The van der Waals surface area contributed by atoms with Crippen LogP contribution in [0.15, 0.2) is 42.5 Å². The number of thiocarbonyl (C=S) groups is 1. The Kier molecular flexibility index (Phi) is 7.12. The number of halogens is 3. The van der Waals surface area contributed by atoms with Gasteiger partial charge in [0, 0.05) is 5.69 Å². The van der Waals surface area contributed by atoms with Crippen molar-refractivity contribution in [2.45, 2.75) is 46.3 Å². The number of nitrogens with zero attached hydrogens (tertiary/aromatic N) is 3. The summed E-state index contributed by atoms with van der Waals surface area (Å²) >= 11 is 5.41. The van der Waals surface area contributed by atoms with Crippen LogP contribution in [0.25, 0.3) is 0 Å². The second-order valence-electron chi connectivity index (χ2n) is 7.35. The van der Waals surface area contributed by atoms with Crippen LogP contribution in [-0.4, -0.2) is 23.0 Å². The van der Waals surface area contributed by atoms with Gasteiger partial charge in [-0.15, -0.1) is 0 Å². The van der Waals surface area contributed by atoms with Gasteiger partial charge in [-0.1, -0.05) is 43.8 Å². The average Bonchev–Trinajstić information content (AvgIpc) is 2.72. The van der Waals surface area contributed by atoms with E-state index in [9.17, 15) is 18.0 Å². The van der Waals surface area contributed by atoms with E-state index >= 15 is 0 Å². The number of rotatable bonds is 2. The van der Waals surface area contributed by atoms with Gasteiger partial charge in [-0.05, 0) is 51.1 Å². The standard InChI is InChI=1S/C21H18F3N3OS.C2H6/c1-13-4-7-15(8-5-13)26-12-18(29)27(19(28)20(26,2)3)16-9-6-14(11-25)17(10-16)21(22,23)24;1-2/h4-10H,12H2,1-3H3;1-2H3. The van der Waals surface area contributed by atoms with E-state index < -0.39 is 28.7 Å². The molecule has 3 rings (SSSR count). The molecule has 0 atom stereocenters. The smallest absolute Gasteiger partial charge is 0.351 e. The lowest BCUT2D eigenvalue weighted by molar-refractivity contribution is -0.137. The topological polar surface area (TPSA) is 47.3 Å². The molecule has 1 fully saturated rings. The molecule has 0 aromatic heterocycles. The van der Waals surface area contributed by atoms with Crippen LogP contribution >= 0.6 is 12.2 Å². The molecule has 164 valence electrons. The second kappa shape index (κ2) is 9.06. The minimum atomic E-state index is -4.72. The van der Waals surface area contributed by atoms with Gasteiger partial charge in [-0.3, -0.25) is 9.69 Å². The number of piperazine rings is 1. The fourth-order valence-corrected chi connectivity index (χ4v) is 3.63. The molecule has 0 saturated carbocycles. The van der Waals surface area contributed by atoms with Crippen molar-refractivity contribution in [3.8, 4) is 6.07 Å². The molecule has 1 saturated heterocycles. The molecule has 2 aromatic carbocycles. The molecule has 0 radical (unpaired) electrons. The van der Waals surface area contributed by atoms with Gasteiger partial charge < -0.3 is 4.90 Å². The maximum atomic E-state index is 13.3. The number of amides is 1. The van der Waals surface area contributed by atoms with E-state index in [1.165, 1.54) is 12.1 Å². The van der Waals surface area contributed by atoms with Gasteiger partial charge in [0.05, 0.1) is 29.4 Å². The Labute approximate surface area is 185 Å². The minimum absolute atomic E-state index is 0.00274. The largest absolute Gasteiger partial charge is 0.417 e. The molecule has 4 nitrogen and oxygen atoms in total. The summed E-state index contributed by atoms with van der Waals surface area (Å²) in [6.45, 7) is 9.56. The van der Waals surface area contributed by atoms with Crippen molar-refractivity contribution in [2.24, 2.45) is 0 Å². The van der Waals surface area contributed by atoms with E-state index in [4.69, 9.17) is 17.5 Å². The molecule has 1 aliphatic heterocycles. The number of hydrogen-bond donors (Lipinski definition) is 0. The first-order valence-corrected chi connectivity index (χ1v) is 10.2. The number of nitriles is 1. The molecule has 0 bridgehead atoms. The third kappa shape index (κ3) is 4.72. The Morgan fingerprint density at radius 3 is 2.13 bits per heavy atom. The Morgan fingerprint density at radius 2 is 1.61 bits per heavy atom. The maximum Gasteiger partial charge on any atom is 0.417 e. The van der Waals surface area contributed by atoms with Gasteiger partial charge in [0.2, 0.25) is 0 Å². The predicted molar refractivity (Wildman–Crippen MR) is 120 cm³/mol. The van der Waals surface area contributed by atoms with E-state index in [0.29, 0.717) is 0 Å². The van der Waals surface area contributed by atoms with Gasteiger partial charge in [-0.2, -0.15) is 18.4 Å². The van der Waals surface area contributed by atoms with Crippen LogP contribution in [0.4, 0.5) is 24.5 Å². The Balaban J connectivity index is 0.00000166. The average molecular weight is 448 g/mol. The molecule has 0 spiro atoms. The highest BCUT2D eigenvalue weighted by atomic mass is 32.1. The number of carbonyl (C=O) groups is 1. The Bertz CT molecular complexity index is 1020. The molecular weight excluding hydrogens is 423 g/mol. The molecular formula is C23H24F3N3OS. The molecule has 2 aromatic rings. The van der Waals surface area contributed by atoms with Gasteiger partial charge in [0.15, 0.2) is 0 Å². The number of aryl methyl sites for hydroxylation is 1. The van der Waals surface area contributed by atoms with E-state index in [0.717, 1.165) is 28.3 Å². The molecule has 1 amide bonds. The summed E-state index contributed by atoms with van der Waals surface area (Å²) in [5, 5.41) is 8.99. The van der Waals surface area contributed by atoms with Crippen molar-refractivity contribution in [1.29, 1.82) is 5.26 Å². The lowest BCUT2D eigenvalue weighted by atomic mass is 9.95. The highest BCUT2D eigenvalue weighted by Gasteiger charge is 2.45. The van der Waals surface area contributed by atoms with Crippen molar-refractivity contribution in [3.05, 3.63) is 59.2 Å². The van der Waals surface area contributed by atoms with E-state index in [2.05, 4.69) is 0 Å². The SMILES string of the molecule is CC.Cc1ccc(N2CC(=S)N(c3ccc(C#N)c(C(F)(F)F)c3)C(=O)C2(C)C)cc1. The molecule has 8 heteroatoms. The fraction of sp³-hybridized carbons (Fsp3) is 0.348. The number of alkyl halides is 3. The Hall–Kier alpha value is -2.92. The van der Waals surface area contributed by atoms with Gasteiger partial charge >= 0.3 is 6.18 Å². The highest BCUT2D eigenvalue weighted by molar-refractivity contribution is 7.80. The molecule has 0 unspecified atom stereocenters. The van der Waals surface area contributed by atoms with Crippen LogP contribution < -0.4 is 9.80 Å². The first-order chi connectivity index (χ1) is 14.5. The number of hydrogen-bond acceptors (Lipinski definition) is 4. The first-order valence-electron chi connectivity index (χ1n) is 9.80. The zero-order valence-corrected chi connectivity index (χ0v) is 18.9. The van der Waals surface area contributed by atoms with Crippen LogP contribution in [0.1, 0.15) is 44.4 Å². The van der Waals surface area contributed by atoms with Crippen LogP contribution in [0.2, 0.25) is 0 Å². The monoisotopic (exact) mass is 447 g/mol. The Morgan fingerprint density at radius 1 is 1.06 bits per heavy atom. The highest BCUT2D eigenvalue weighted by Crippen LogP contribution is 2.37. The molecule has 0 aliphatic carbocycles. The summed E-state index contributed by atoms with van der Waals surface area (Å²) in [5.41, 5.74) is -0.765. The van der Waals surface area contributed by atoms with E-state index in [1.54, 1.807) is 13.8 Å². The maximum absolute atomic E-state index is 13.3. The van der Waals surface area contributed by atoms with Crippen molar-refractivity contribution in [3.63, 3.8) is 0 Å². The summed E-state index contributed by atoms with van der Waals surface area (Å²) in [6.07, 6.45) is -4.72. The second-order valence-corrected chi connectivity index (χ2v) is 7.83. The summed E-state index contributed by atoms with van der Waals surface area (Å²) in [5.74, 6) is -0.438. The number of benzene rings is 2. The van der Waals surface area contributed by atoms with Crippen molar-refractivity contribution in [2.75, 3.05) is 16.3 Å². The van der Waals surface area contributed by atoms with E-state index in [-0.39, 0.29) is 17.2 Å². The molecule has 0 N–H and O–H groups in total.